The Bertz CT molecular complexity index is 682. The molecule has 0 bridgehead atoms. The van der Waals surface area contributed by atoms with Crippen molar-refractivity contribution in [2.24, 2.45) is 0 Å². The molecule has 0 heterocycles. The van der Waals surface area contributed by atoms with E-state index in [1.807, 2.05) is 0 Å². The highest BCUT2D eigenvalue weighted by Crippen LogP contribution is 2.22. The molecule has 1 N–H and O–H groups in total. The number of rotatable bonds is 20. The van der Waals surface area contributed by atoms with Crippen LogP contribution in [0, 0.1) is 13.7 Å². The Morgan fingerprint density at radius 1 is 0.844 bits per heavy atom. The van der Waals surface area contributed by atoms with Crippen LogP contribution in [0.2, 0.25) is 0 Å². The third kappa shape index (κ3) is 13.2. The summed E-state index contributed by atoms with van der Waals surface area (Å²) in [5, 5.41) is 13.7. The van der Waals surface area contributed by atoms with Crippen LogP contribution in [0.15, 0.2) is 18.2 Å². The van der Waals surface area contributed by atoms with Crippen molar-refractivity contribution in [3.63, 3.8) is 0 Å². The molecule has 7 heteroatoms. The quantitative estimate of drug-likeness (QED) is 0.0756. The van der Waals surface area contributed by atoms with Gasteiger partial charge in [-0.05, 0) is 12.5 Å². The summed E-state index contributed by atoms with van der Waals surface area (Å²) in [6.07, 6.45) is 20.8. The molecular formula is C25H41IN2O4. The topological polar surface area (TPSA) is 89.3 Å². The zero-order valence-corrected chi connectivity index (χ0v) is 21.9. The molecule has 32 heavy (non-hydrogen) atoms. The van der Waals surface area contributed by atoms with Gasteiger partial charge in [0.15, 0.2) is 21.2 Å². The Morgan fingerprint density at radius 2 is 1.31 bits per heavy atom. The molecule has 1 rings (SSSR count). The number of nitro groups is 1. The molecule has 1 aromatic rings. The number of unbranched alkanes of at least 4 members (excludes halogenated alkanes) is 15. The lowest BCUT2D eigenvalue weighted by Gasteiger charge is -2.07. The Labute approximate surface area is 204 Å². The van der Waals surface area contributed by atoms with Crippen molar-refractivity contribution in [1.82, 2.24) is 5.32 Å². The van der Waals surface area contributed by atoms with Gasteiger partial charge in [-0.2, -0.15) is 0 Å². The van der Waals surface area contributed by atoms with Crippen molar-refractivity contribution in [2.75, 3.05) is 6.54 Å². The predicted octanol–water partition coefficient (Wildman–Crippen LogP) is 8.07. The molecule has 0 saturated heterocycles. The van der Waals surface area contributed by atoms with E-state index in [1.165, 1.54) is 108 Å². The monoisotopic (exact) mass is 560 g/mol. The van der Waals surface area contributed by atoms with E-state index in [-0.39, 0.29) is 17.2 Å². The lowest BCUT2D eigenvalue weighted by atomic mass is 10.0. The van der Waals surface area contributed by atoms with Gasteiger partial charge in [-0.3, -0.25) is 18.0 Å². The number of nitrogens with zero attached hydrogens (tertiary/aromatic N) is 1. The van der Waals surface area contributed by atoms with Crippen LogP contribution in [0.1, 0.15) is 120 Å². The third-order valence-corrected chi connectivity index (χ3v) is 7.22. The van der Waals surface area contributed by atoms with Gasteiger partial charge in [-0.15, -0.1) is 0 Å². The maximum Gasteiger partial charge on any atom is 0.270 e. The summed E-state index contributed by atoms with van der Waals surface area (Å²) < 4.78 is 11.7. The molecule has 0 spiro atoms. The van der Waals surface area contributed by atoms with Gasteiger partial charge in [-0.1, -0.05) is 103 Å². The van der Waals surface area contributed by atoms with E-state index in [0.29, 0.717) is 10.1 Å². The maximum atomic E-state index is 12.3. The normalized spacial score (nSPS) is 10.9. The lowest BCUT2D eigenvalue weighted by Crippen LogP contribution is -2.25. The third-order valence-electron chi connectivity index (χ3n) is 5.80. The van der Waals surface area contributed by atoms with Gasteiger partial charge in [-0.25, -0.2) is 0 Å². The second kappa shape index (κ2) is 19.1. The molecule has 0 fully saturated rings. The van der Waals surface area contributed by atoms with Crippen molar-refractivity contribution in [3.8, 4) is 0 Å². The summed E-state index contributed by atoms with van der Waals surface area (Å²) in [4.78, 5) is 22.7. The van der Waals surface area contributed by atoms with Gasteiger partial charge in [0.2, 0.25) is 0 Å². The standard InChI is InChI=1S/C25H41IN2O4/c1-2-3-4-5-6-7-8-9-10-11-12-13-14-15-16-17-20-27-25(29)23-21-22(28(31)32)18-19-24(23)26-30/h18-19,21H,2-17,20H2,1H3,(H,27,29). The van der Waals surface area contributed by atoms with Gasteiger partial charge in [0.1, 0.15) is 0 Å². The van der Waals surface area contributed by atoms with E-state index in [9.17, 15) is 18.0 Å². The van der Waals surface area contributed by atoms with E-state index in [0.717, 1.165) is 12.8 Å². The molecule has 0 saturated carbocycles. The van der Waals surface area contributed by atoms with Crippen LogP contribution < -0.4 is 5.32 Å². The number of carbonyl (C=O) groups is 1. The molecule has 0 unspecified atom stereocenters. The highest BCUT2D eigenvalue weighted by molar-refractivity contribution is 14.1. The summed E-state index contributed by atoms with van der Waals surface area (Å²) in [5.41, 5.74) is 0.0114. The molecule has 0 aliphatic rings. The van der Waals surface area contributed by atoms with Gasteiger partial charge in [0.05, 0.1) is 14.1 Å². The van der Waals surface area contributed by atoms with E-state index in [4.69, 9.17) is 0 Å². The molecule has 0 radical (unpaired) electrons. The van der Waals surface area contributed by atoms with Crippen LogP contribution in [0.3, 0.4) is 0 Å². The Balaban J connectivity index is 1.99. The Morgan fingerprint density at radius 3 is 1.75 bits per heavy atom. The molecule has 182 valence electrons. The smallest absolute Gasteiger partial charge is 0.270 e. The Hall–Kier alpha value is -1.38. The first-order chi connectivity index (χ1) is 15.6. The van der Waals surface area contributed by atoms with Gasteiger partial charge in [0.25, 0.3) is 11.6 Å². The van der Waals surface area contributed by atoms with Crippen molar-refractivity contribution in [1.29, 1.82) is 0 Å². The predicted molar refractivity (Wildman–Crippen MR) is 138 cm³/mol. The summed E-state index contributed by atoms with van der Waals surface area (Å²) in [6.45, 7) is 2.80. The Kier molecular flexibility index (Phi) is 17.1. The minimum Gasteiger partial charge on any atom is -0.352 e. The summed E-state index contributed by atoms with van der Waals surface area (Å²) in [5.74, 6) is -0.375. The van der Waals surface area contributed by atoms with Gasteiger partial charge >= 0.3 is 0 Å². The highest BCUT2D eigenvalue weighted by atomic mass is 127. The maximum absolute atomic E-state index is 12.3. The first-order valence-corrected chi connectivity index (χ1v) is 14.4. The first-order valence-electron chi connectivity index (χ1n) is 12.4. The number of non-ortho nitro benzene ring substituents is 1. The number of nitrogens with one attached hydrogen (secondary N) is 1. The second-order valence-electron chi connectivity index (χ2n) is 8.56. The number of nitro benzene ring substituents is 1. The molecule has 1 aromatic carbocycles. The largest absolute Gasteiger partial charge is 0.352 e. The molecular weight excluding hydrogens is 519 g/mol. The minimum absolute atomic E-state index is 0.154. The average molecular weight is 561 g/mol. The van der Waals surface area contributed by atoms with E-state index in [2.05, 4.69) is 12.2 Å². The average Bonchev–Trinajstić information content (AvgIpc) is 2.80. The summed E-state index contributed by atoms with van der Waals surface area (Å²) >= 11 is -1.55. The van der Waals surface area contributed by atoms with E-state index in [1.54, 1.807) is 0 Å². The fourth-order valence-corrected chi connectivity index (χ4v) is 4.80. The number of hydrogen-bond acceptors (Lipinski definition) is 4. The lowest BCUT2D eigenvalue weighted by molar-refractivity contribution is -0.384. The zero-order valence-electron chi connectivity index (χ0n) is 19.7. The highest BCUT2D eigenvalue weighted by Gasteiger charge is 2.16. The van der Waals surface area contributed by atoms with Crippen molar-refractivity contribution in [3.05, 3.63) is 37.4 Å². The first kappa shape index (κ1) is 28.7. The summed E-state index contributed by atoms with van der Waals surface area (Å²) in [6, 6.07) is 3.93. The molecule has 1 amide bonds. The number of hydrogen-bond donors (Lipinski definition) is 1. The zero-order chi connectivity index (χ0) is 23.4. The fourth-order valence-electron chi connectivity index (χ4n) is 3.84. The van der Waals surface area contributed by atoms with Gasteiger partial charge < -0.3 is 5.32 Å². The van der Waals surface area contributed by atoms with E-state index < -0.39 is 26.1 Å². The number of halogens is 1. The molecule has 6 nitrogen and oxygen atoms in total. The van der Waals surface area contributed by atoms with E-state index >= 15 is 0 Å². The van der Waals surface area contributed by atoms with Crippen molar-refractivity contribution in [2.45, 2.75) is 110 Å². The van der Waals surface area contributed by atoms with Crippen LogP contribution in [0.25, 0.3) is 0 Å². The molecule has 0 aliphatic heterocycles. The van der Waals surface area contributed by atoms with Crippen LogP contribution >= 0.6 is 21.2 Å². The van der Waals surface area contributed by atoms with Crippen LogP contribution in [-0.2, 0) is 3.07 Å². The van der Waals surface area contributed by atoms with Crippen molar-refractivity contribution >= 4 is 32.8 Å². The number of benzene rings is 1. The summed E-state index contributed by atoms with van der Waals surface area (Å²) in [7, 11) is 0. The van der Waals surface area contributed by atoms with Crippen LogP contribution in [0.5, 0.6) is 0 Å². The van der Waals surface area contributed by atoms with Crippen LogP contribution in [-0.4, -0.2) is 17.4 Å². The second-order valence-corrected chi connectivity index (χ2v) is 10.2. The van der Waals surface area contributed by atoms with Gasteiger partial charge in [0, 0.05) is 18.7 Å². The van der Waals surface area contributed by atoms with Crippen molar-refractivity contribution < 1.29 is 12.8 Å². The number of amides is 1. The minimum atomic E-state index is -1.55. The van der Waals surface area contributed by atoms with Crippen LogP contribution in [0.4, 0.5) is 5.69 Å². The molecule has 0 aromatic heterocycles. The fraction of sp³-hybridized carbons (Fsp3) is 0.720. The molecule has 0 atom stereocenters. The molecule has 0 aliphatic carbocycles. The SMILES string of the molecule is CCCCCCCCCCCCCCCCCCNC(=O)c1cc([N+](=O)[O-])ccc1I=O. The number of carbonyl (C=O) groups excluding carboxylic acids is 1.